The molecule has 65 heavy (non-hydrogen) atoms. The number of fused-ring (bicyclic) bond motifs is 3. The molecule has 1 aliphatic carbocycles. The summed E-state index contributed by atoms with van der Waals surface area (Å²) in [5.41, 5.74) is 7.55. The Kier molecular flexibility index (Phi) is 10.6. The molecule has 4 saturated heterocycles. The van der Waals surface area contributed by atoms with Crippen molar-refractivity contribution >= 4 is 57.1 Å². The number of anilines is 5. The second-order valence-electron chi connectivity index (χ2n) is 18.9. The Balaban J connectivity index is 0.708. The number of amides is 2. The van der Waals surface area contributed by atoms with E-state index in [1.165, 1.54) is 20.4 Å². The normalized spacial score (nSPS) is 24.6. The maximum Gasteiger partial charge on any atom is 0.329 e. The number of nitrogens with zero attached hydrogens (tertiary/aromatic N) is 10. The third kappa shape index (κ3) is 7.59. The summed E-state index contributed by atoms with van der Waals surface area (Å²) < 4.78 is 37.0. The standard InChI is InChI=1S/C46H57F2N13O4/c1-49-32-23-40(53-61-38(24-50-42(32)61)44(64)51-29-6-7-29)59-17-13-31-33(4-3-5-34(31)59)58-16-12-28(26-58)25-55-15-14-39(46(47,48)27-55)57-20-18-56(19-21-57)30-8-9-35-37(22-30)54(2)45(65)60(35)36-10-11-41(62)52-43(36)63/h3-5,8-9,22-24,28-29,36,39,44,49,51,64H,6-7,10-21,25-27H2,1-2H3,(H,52,62,63)/t28-,36?,39-,44?/m1/s1. The SMILES string of the molecule is CNc1cc(N2CCc3c(N4CC[C@H](CN5CC[C@@H](N6CCN(c7ccc8c(c7)n(C)c(=O)n8C7CCC(=O)NC7=O)CC6)C(F)(F)C5)C4)cccc32)nn2c(C(O)NC3CC3)cnc12. The van der Waals surface area contributed by atoms with Crippen LogP contribution in [-0.2, 0) is 23.1 Å². The monoisotopic (exact) mass is 893 g/mol. The summed E-state index contributed by atoms with van der Waals surface area (Å²) in [7, 11) is 3.54. The van der Waals surface area contributed by atoms with Gasteiger partial charge >= 0.3 is 5.69 Å². The van der Waals surface area contributed by atoms with Crippen LogP contribution < -0.4 is 36.3 Å². The molecule has 2 amide bonds. The number of benzene rings is 2. The number of piperidine rings is 2. The molecule has 6 aliphatic rings. The highest BCUT2D eigenvalue weighted by atomic mass is 19.3. The van der Waals surface area contributed by atoms with Gasteiger partial charge in [-0.2, -0.15) is 0 Å². The van der Waals surface area contributed by atoms with Crippen molar-refractivity contribution in [1.82, 2.24) is 44.2 Å². The zero-order valence-corrected chi connectivity index (χ0v) is 36.9. The maximum absolute atomic E-state index is 16.1. The molecule has 3 aromatic heterocycles. The summed E-state index contributed by atoms with van der Waals surface area (Å²) in [4.78, 5) is 53.1. The molecule has 0 radical (unpaired) electrons. The van der Waals surface area contributed by atoms with E-state index in [1.54, 1.807) is 17.8 Å². The highest BCUT2D eigenvalue weighted by Gasteiger charge is 2.48. The summed E-state index contributed by atoms with van der Waals surface area (Å²) >= 11 is 0. The molecular formula is C46H57F2N13O4. The predicted molar refractivity (Wildman–Crippen MR) is 243 cm³/mol. The average Bonchev–Trinajstić information content (AvgIpc) is 3.58. The molecule has 11 rings (SSSR count). The number of alkyl halides is 2. The number of aliphatic hydroxyl groups is 1. The first-order valence-electron chi connectivity index (χ1n) is 23.2. The molecule has 19 heteroatoms. The van der Waals surface area contributed by atoms with Crippen LogP contribution in [0.3, 0.4) is 0 Å². The molecule has 4 atom stereocenters. The number of imidazole rings is 2. The Morgan fingerprint density at radius 1 is 0.908 bits per heavy atom. The van der Waals surface area contributed by atoms with Crippen LogP contribution in [0.5, 0.6) is 0 Å². The van der Waals surface area contributed by atoms with E-state index >= 15 is 8.78 Å². The van der Waals surface area contributed by atoms with Crippen molar-refractivity contribution < 1.29 is 23.5 Å². The summed E-state index contributed by atoms with van der Waals surface area (Å²) in [6, 6.07) is 12.9. The summed E-state index contributed by atoms with van der Waals surface area (Å²) in [6.45, 7) is 5.70. The van der Waals surface area contributed by atoms with Crippen LogP contribution in [0.15, 0.2) is 53.5 Å². The number of nitrogens with one attached hydrogen (secondary N) is 3. The molecule has 2 aromatic carbocycles. The lowest BCUT2D eigenvalue weighted by atomic mass is 9.96. The Morgan fingerprint density at radius 2 is 1.72 bits per heavy atom. The second kappa shape index (κ2) is 16.4. The molecule has 344 valence electrons. The van der Waals surface area contributed by atoms with Crippen LogP contribution in [0.4, 0.5) is 37.3 Å². The fourth-order valence-corrected chi connectivity index (χ4v) is 11.2. The van der Waals surface area contributed by atoms with E-state index in [4.69, 9.17) is 5.10 Å². The van der Waals surface area contributed by atoms with Crippen LogP contribution in [0.25, 0.3) is 16.7 Å². The molecule has 4 N–H and O–H groups in total. The third-order valence-corrected chi connectivity index (χ3v) is 14.8. The van der Waals surface area contributed by atoms with Crippen LogP contribution in [0.2, 0.25) is 0 Å². The van der Waals surface area contributed by atoms with Crippen molar-refractivity contribution in [3.63, 3.8) is 0 Å². The first kappa shape index (κ1) is 42.0. The van der Waals surface area contributed by atoms with Gasteiger partial charge in [0.05, 0.1) is 35.5 Å². The van der Waals surface area contributed by atoms with Crippen LogP contribution in [0.1, 0.15) is 62.1 Å². The van der Waals surface area contributed by atoms with Gasteiger partial charge in [-0.15, -0.1) is 5.10 Å². The van der Waals surface area contributed by atoms with Crippen molar-refractivity contribution in [2.75, 3.05) is 92.5 Å². The number of halogens is 2. The fourth-order valence-electron chi connectivity index (χ4n) is 11.2. The number of aliphatic hydroxyl groups excluding tert-OH is 1. The predicted octanol–water partition coefficient (Wildman–Crippen LogP) is 3.20. The van der Waals surface area contributed by atoms with Crippen LogP contribution >= 0.6 is 0 Å². The van der Waals surface area contributed by atoms with Crippen LogP contribution in [-0.4, -0.2) is 141 Å². The Labute approximate surface area is 374 Å². The van der Waals surface area contributed by atoms with E-state index in [2.05, 4.69) is 53.8 Å². The van der Waals surface area contributed by atoms with Crippen molar-refractivity contribution in [1.29, 1.82) is 0 Å². The minimum absolute atomic E-state index is 0.174. The van der Waals surface area contributed by atoms with Gasteiger partial charge in [0.15, 0.2) is 11.5 Å². The smallest absolute Gasteiger partial charge is 0.329 e. The Morgan fingerprint density at radius 3 is 2.49 bits per heavy atom. The van der Waals surface area contributed by atoms with E-state index in [0.29, 0.717) is 74.1 Å². The zero-order valence-electron chi connectivity index (χ0n) is 36.9. The number of aromatic nitrogens is 5. The highest BCUT2D eigenvalue weighted by molar-refractivity contribution is 6.00. The number of aryl methyl sites for hydroxylation is 1. The first-order chi connectivity index (χ1) is 31.4. The van der Waals surface area contributed by atoms with Gasteiger partial charge in [0.25, 0.3) is 5.92 Å². The van der Waals surface area contributed by atoms with Crippen molar-refractivity contribution in [3.05, 3.63) is 70.4 Å². The molecule has 17 nitrogen and oxygen atoms in total. The highest BCUT2D eigenvalue weighted by Crippen LogP contribution is 2.42. The van der Waals surface area contributed by atoms with Crippen molar-refractivity contribution in [3.8, 4) is 0 Å². The second-order valence-corrected chi connectivity index (χ2v) is 18.9. The Hall–Kier alpha value is -5.63. The number of rotatable bonds is 11. The number of carbonyl (C=O) groups is 2. The van der Waals surface area contributed by atoms with Gasteiger partial charge in [-0.05, 0) is 74.8 Å². The van der Waals surface area contributed by atoms with Gasteiger partial charge in [-0.25, -0.2) is 23.1 Å². The van der Waals surface area contributed by atoms with Crippen LogP contribution in [0, 0.1) is 5.92 Å². The zero-order chi connectivity index (χ0) is 44.7. The number of carbonyl (C=O) groups excluding carboxylic acids is 2. The average molecular weight is 894 g/mol. The third-order valence-electron chi connectivity index (χ3n) is 14.8. The minimum Gasteiger partial charge on any atom is -0.385 e. The van der Waals surface area contributed by atoms with Gasteiger partial charge in [0, 0.05) is 114 Å². The number of imide groups is 1. The largest absolute Gasteiger partial charge is 0.385 e. The summed E-state index contributed by atoms with van der Waals surface area (Å²) in [5.74, 6) is -2.59. The molecular weight excluding hydrogens is 837 g/mol. The number of piperazine rings is 1. The molecule has 8 heterocycles. The maximum atomic E-state index is 16.1. The number of likely N-dealkylation sites (tertiary alicyclic amines) is 1. The van der Waals surface area contributed by atoms with Gasteiger partial charge in [-0.1, -0.05) is 6.07 Å². The molecule has 2 unspecified atom stereocenters. The van der Waals surface area contributed by atoms with Gasteiger partial charge in [0.2, 0.25) is 11.8 Å². The molecule has 5 fully saturated rings. The van der Waals surface area contributed by atoms with E-state index in [-0.39, 0.29) is 36.9 Å². The summed E-state index contributed by atoms with van der Waals surface area (Å²) in [6.07, 6.45) is 5.59. The topological polar surface area (TPSA) is 164 Å². The molecule has 0 spiro atoms. The lowest BCUT2D eigenvalue weighted by Gasteiger charge is -2.47. The quantitative estimate of drug-likeness (QED) is 0.113. The van der Waals surface area contributed by atoms with Gasteiger partial charge in [-0.3, -0.25) is 39.2 Å². The molecule has 5 aliphatic heterocycles. The fraction of sp³-hybridized carbons (Fsp3) is 0.543. The van der Waals surface area contributed by atoms with Gasteiger partial charge < -0.3 is 25.1 Å². The van der Waals surface area contributed by atoms with E-state index in [0.717, 1.165) is 68.2 Å². The van der Waals surface area contributed by atoms with E-state index in [9.17, 15) is 19.5 Å². The number of hydrogen-bond donors (Lipinski definition) is 4. The minimum atomic E-state index is -2.84. The summed E-state index contributed by atoms with van der Waals surface area (Å²) in [5, 5.41) is 24.8. The lowest BCUT2D eigenvalue weighted by Crippen LogP contribution is -2.62. The Bertz CT molecular complexity index is 2720. The lowest BCUT2D eigenvalue weighted by molar-refractivity contribution is -0.135. The molecule has 0 bridgehead atoms. The molecule has 1 saturated carbocycles. The number of hydrogen-bond acceptors (Lipinski definition) is 13. The molecule has 5 aromatic rings. The van der Waals surface area contributed by atoms with Crippen molar-refractivity contribution in [2.45, 2.75) is 75.2 Å². The first-order valence-corrected chi connectivity index (χ1v) is 23.2. The van der Waals surface area contributed by atoms with Crippen molar-refractivity contribution in [2.24, 2.45) is 13.0 Å². The van der Waals surface area contributed by atoms with E-state index in [1.807, 2.05) is 41.1 Å². The van der Waals surface area contributed by atoms with E-state index < -0.39 is 30.1 Å². The van der Waals surface area contributed by atoms with Gasteiger partial charge in [0.1, 0.15) is 18.0 Å².